The molecule has 0 atom stereocenters. The van der Waals surface area contributed by atoms with Crippen LogP contribution in [0.25, 0.3) is 10.2 Å². The summed E-state index contributed by atoms with van der Waals surface area (Å²) in [5.74, 6) is 0.533. The van der Waals surface area contributed by atoms with Gasteiger partial charge in [0.05, 0.1) is 11.8 Å². The van der Waals surface area contributed by atoms with Crippen LogP contribution in [0.5, 0.6) is 5.75 Å². The average Bonchev–Trinajstić information content (AvgIpc) is 2.60. The Hall–Kier alpha value is -1.23. The van der Waals surface area contributed by atoms with E-state index in [0.29, 0.717) is 11.3 Å². The van der Waals surface area contributed by atoms with E-state index >= 15 is 0 Å². The number of aromatic nitrogens is 1. The molecule has 1 heterocycles. The number of ether oxygens (including phenoxy) is 1. The number of hydrogen-bond donors (Lipinski definition) is 0. The van der Waals surface area contributed by atoms with Crippen molar-refractivity contribution in [3.05, 3.63) is 23.2 Å². The summed E-state index contributed by atoms with van der Waals surface area (Å²) in [7, 11) is 1.50. The Labute approximate surface area is 83.1 Å². The van der Waals surface area contributed by atoms with Gasteiger partial charge in [-0.15, -0.1) is 11.3 Å². The molecule has 0 fully saturated rings. The smallest absolute Gasteiger partial charge is 0.289 e. The summed E-state index contributed by atoms with van der Waals surface area (Å²) < 4.78 is 30.4. The summed E-state index contributed by atoms with van der Waals surface area (Å²) in [5, 5.41) is -0.162. The highest BCUT2D eigenvalue weighted by molar-refractivity contribution is 7.18. The lowest BCUT2D eigenvalue weighted by Gasteiger charge is -1.97. The number of fused-ring (bicyclic) bond motifs is 1. The van der Waals surface area contributed by atoms with Crippen LogP contribution in [-0.4, -0.2) is 12.1 Å². The monoisotopic (exact) mass is 215 g/mol. The fraction of sp³-hybridized carbons (Fsp3) is 0.222. The molecule has 0 N–H and O–H groups in total. The lowest BCUT2D eigenvalue weighted by molar-refractivity contribution is 0.151. The second-order valence-corrected chi connectivity index (χ2v) is 3.72. The summed E-state index contributed by atoms with van der Waals surface area (Å²) in [4.78, 5) is 3.83. The van der Waals surface area contributed by atoms with Crippen molar-refractivity contribution in [1.29, 1.82) is 0 Å². The zero-order valence-corrected chi connectivity index (χ0v) is 8.15. The maximum Gasteiger partial charge on any atom is 0.289 e. The van der Waals surface area contributed by atoms with E-state index in [1.54, 1.807) is 18.2 Å². The Morgan fingerprint density at radius 1 is 1.43 bits per heavy atom. The SMILES string of the molecule is COc1cccc2sc(C(F)F)nc12. The quantitative estimate of drug-likeness (QED) is 0.767. The first-order chi connectivity index (χ1) is 6.72. The standard InChI is InChI=1S/C9H7F2NOS/c1-13-5-3-2-4-6-7(5)12-9(14-6)8(10)11/h2-4,8H,1H3. The minimum absolute atomic E-state index is 0.162. The molecule has 0 saturated carbocycles. The largest absolute Gasteiger partial charge is 0.494 e. The Morgan fingerprint density at radius 3 is 2.86 bits per heavy atom. The van der Waals surface area contributed by atoms with Crippen molar-refractivity contribution >= 4 is 21.6 Å². The third-order valence-electron chi connectivity index (χ3n) is 1.81. The molecular formula is C9H7F2NOS. The third kappa shape index (κ3) is 1.43. The number of benzene rings is 1. The van der Waals surface area contributed by atoms with Crippen molar-refractivity contribution in [2.24, 2.45) is 0 Å². The molecule has 74 valence electrons. The van der Waals surface area contributed by atoms with Crippen LogP contribution in [0.3, 0.4) is 0 Å². The van der Waals surface area contributed by atoms with E-state index in [2.05, 4.69) is 4.98 Å². The highest BCUT2D eigenvalue weighted by atomic mass is 32.1. The second-order valence-electron chi connectivity index (χ2n) is 2.66. The van der Waals surface area contributed by atoms with E-state index in [1.807, 2.05) is 0 Å². The molecule has 0 bridgehead atoms. The summed E-state index contributed by atoms with van der Waals surface area (Å²) in [6.07, 6.45) is -2.52. The number of para-hydroxylation sites is 1. The first kappa shape index (κ1) is 9.33. The van der Waals surface area contributed by atoms with Gasteiger partial charge in [0, 0.05) is 0 Å². The molecule has 1 aromatic carbocycles. The number of alkyl halides is 2. The van der Waals surface area contributed by atoms with Crippen molar-refractivity contribution in [2.75, 3.05) is 7.11 Å². The molecule has 0 aliphatic rings. The Morgan fingerprint density at radius 2 is 2.21 bits per heavy atom. The number of nitrogens with zero attached hydrogens (tertiary/aromatic N) is 1. The summed E-state index contributed by atoms with van der Waals surface area (Å²) in [6, 6.07) is 5.22. The maximum absolute atomic E-state index is 12.3. The first-order valence-electron chi connectivity index (χ1n) is 3.94. The minimum atomic E-state index is -2.52. The van der Waals surface area contributed by atoms with E-state index in [9.17, 15) is 8.78 Å². The van der Waals surface area contributed by atoms with Gasteiger partial charge in [0.25, 0.3) is 6.43 Å². The molecule has 0 aliphatic carbocycles. The number of rotatable bonds is 2. The molecule has 5 heteroatoms. The van der Waals surface area contributed by atoms with Gasteiger partial charge < -0.3 is 4.74 Å². The molecule has 2 aromatic rings. The average molecular weight is 215 g/mol. The Kier molecular flexibility index (Phi) is 2.33. The molecule has 1 aromatic heterocycles. The fourth-order valence-electron chi connectivity index (χ4n) is 1.20. The predicted octanol–water partition coefficient (Wildman–Crippen LogP) is 3.24. The molecule has 0 spiro atoms. The zero-order valence-electron chi connectivity index (χ0n) is 7.33. The van der Waals surface area contributed by atoms with Crippen molar-refractivity contribution in [2.45, 2.75) is 6.43 Å². The molecule has 0 saturated heterocycles. The second kappa shape index (κ2) is 3.49. The van der Waals surface area contributed by atoms with Crippen molar-refractivity contribution in [3.8, 4) is 5.75 Å². The van der Waals surface area contributed by atoms with Crippen LogP contribution < -0.4 is 4.74 Å². The van der Waals surface area contributed by atoms with Gasteiger partial charge in [-0.2, -0.15) is 0 Å². The Balaban J connectivity index is 2.64. The van der Waals surface area contributed by atoms with E-state index in [1.165, 1.54) is 7.11 Å². The molecule has 14 heavy (non-hydrogen) atoms. The van der Waals surface area contributed by atoms with Crippen molar-refractivity contribution in [3.63, 3.8) is 0 Å². The van der Waals surface area contributed by atoms with Crippen molar-refractivity contribution < 1.29 is 13.5 Å². The normalized spacial score (nSPS) is 11.1. The number of hydrogen-bond acceptors (Lipinski definition) is 3. The van der Waals surface area contributed by atoms with Crippen LogP contribution >= 0.6 is 11.3 Å². The van der Waals surface area contributed by atoms with Crippen LogP contribution in [0, 0.1) is 0 Å². The predicted molar refractivity (Wildman–Crippen MR) is 51.1 cm³/mol. The van der Waals surface area contributed by atoms with Crippen LogP contribution in [0.1, 0.15) is 11.4 Å². The van der Waals surface area contributed by atoms with Gasteiger partial charge in [0.2, 0.25) is 0 Å². The van der Waals surface area contributed by atoms with Crippen LogP contribution in [0.15, 0.2) is 18.2 Å². The highest BCUT2D eigenvalue weighted by Crippen LogP contribution is 2.33. The first-order valence-corrected chi connectivity index (χ1v) is 4.75. The van der Waals surface area contributed by atoms with Gasteiger partial charge >= 0.3 is 0 Å². The van der Waals surface area contributed by atoms with E-state index in [0.717, 1.165) is 16.0 Å². The molecule has 0 amide bonds. The number of methoxy groups -OCH3 is 1. The van der Waals surface area contributed by atoms with Gasteiger partial charge in [-0.25, -0.2) is 13.8 Å². The number of halogens is 2. The molecular weight excluding hydrogens is 208 g/mol. The third-order valence-corrected chi connectivity index (χ3v) is 2.83. The summed E-state index contributed by atoms with van der Waals surface area (Å²) >= 11 is 0.994. The molecule has 0 unspecified atom stereocenters. The summed E-state index contributed by atoms with van der Waals surface area (Å²) in [5.41, 5.74) is 0.510. The lowest BCUT2D eigenvalue weighted by Crippen LogP contribution is -1.84. The van der Waals surface area contributed by atoms with Crippen LogP contribution in [-0.2, 0) is 0 Å². The van der Waals surface area contributed by atoms with Crippen LogP contribution in [0.4, 0.5) is 8.78 Å². The molecule has 0 aliphatic heterocycles. The topological polar surface area (TPSA) is 22.1 Å². The van der Waals surface area contributed by atoms with Gasteiger partial charge in [0.1, 0.15) is 11.3 Å². The molecule has 0 radical (unpaired) electrons. The maximum atomic E-state index is 12.3. The van der Waals surface area contributed by atoms with Gasteiger partial charge in [-0.3, -0.25) is 0 Å². The van der Waals surface area contributed by atoms with Gasteiger partial charge in [-0.1, -0.05) is 6.07 Å². The van der Waals surface area contributed by atoms with Gasteiger partial charge in [0.15, 0.2) is 5.01 Å². The fourth-order valence-corrected chi connectivity index (χ4v) is 2.04. The number of thiazole rings is 1. The van der Waals surface area contributed by atoms with Crippen LogP contribution in [0.2, 0.25) is 0 Å². The minimum Gasteiger partial charge on any atom is -0.494 e. The lowest BCUT2D eigenvalue weighted by atomic mass is 10.3. The summed E-state index contributed by atoms with van der Waals surface area (Å²) in [6.45, 7) is 0. The molecule has 2 nitrogen and oxygen atoms in total. The Bertz CT molecular complexity index is 455. The van der Waals surface area contributed by atoms with E-state index in [4.69, 9.17) is 4.74 Å². The van der Waals surface area contributed by atoms with Gasteiger partial charge in [-0.05, 0) is 12.1 Å². The zero-order chi connectivity index (χ0) is 10.1. The molecule has 2 rings (SSSR count). The van der Waals surface area contributed by atoms with Crippen molar-refractivity contribution in [1.82, 2.24) is 4.98 Å². The highest BCUT2D eigenvalue weighted by Gasteiger charge is 2.15. The van der Waals surface area contributed by atoms with E-state index in [-0.39, 0.29) is 5.01 Å². The van der Waals surface area contributed by atoms with E-state index < -0.39 is 6.43 Å².